The molecule has 3 aromatic rings. The second-order valence-corrected chi connectivity index (χ2v) is 5.49. The predicted octanol–water partition coefficient (Wildman–Crippen LogP) is 2.65. The van der Waals surface area contributed by atoms with E-state index in [4.69, 9.17) is 0 Å². The average molecular weight is 450 g/mol. The van der Waals surface area contributed by atoms with Crippen LogP contribution in [-0.4, -0.2) is 34.2 Å². The lowest BCUT2D eigenvalue weighted by Crippen LogP contribution is -2.37. The van der Waals surface area contributed by atoms with E-state index in [1.54, 1.807) is 7.05 Å². The van der Waals surface area contributed by atoms with Crippen LogP contribution in [-0.2, 0) is 13.0 Å². The molecular formula is C18H23IN6. The lowest BCUT2D eigenvalue weighted by Gasteiger charge is -2.11. The van der Waals surface area contributed by atoms with Gasteiger partial charge in [0, 0.05) is 32.8 Å². The summed E-state index contributed by atoms with van der Waals surface area (Å²) in [4.78, 5) is 4.25. The zero-order valence-electron chi connectivity index (χ0n) is 14.2. The van der Waals surface area contributed by atoms with Crippen molar-refractivity contribution >= 4 is 35.6 Å². The topological polar surface area (TPSA) is 66.6 Å². The van der Waals surface area contributed by atoms with E-state index in [1.807, 2.05) is 47.0 Å². The molecule has 0 saturated carbocycles. The summed E-state index contributed by atoms with van der Waals surface area (Å²) in [5, 5.41) is 15.1. The van der Waals surface area contributed by atoms with Crippen LogP contribution in [0.4, 0.5) is 0 Å². The third-order valence-corrected chi connectivity index (χ3v) is 3.78. The normalized spacial score (nSPS) is 11.2. The minimum Gasteiger partial charge on any atom is -0.356 e. The van der Waals surface area contributed by atoms with Gasteiger partial charge in [0.2, 0.25) is 0 Å². The van der Waals surface area contributed by atoms with Crippen LogP contribution in [0.5, 0.6) is 0 Å². The van der Waals surface area contributed by atoms with Crippen LogP contribution < -0.4 is 10.6 Å². The van der Waals surface area contributed by atoms with Crippen LogP contribution in [0.3, 0.4) is 0 Å². The molecule has 0 radical (unpaired) electrons. The monoisotopic (exact) mass is 450 g/mol. The van der Waals surface area contributed by atoms with Crippen molar-refractivity contribution in [3.8, 4) is 0 Å². The van der Waals surface area contributed by atoms with E-state index in [-0.39, 0.29) is 24.0 Å². The van der Waals surface area contributed by atoms with Crippen LogP contribution in [0.15, 0.2) is 59.7 Å². The van der Waals surface area contributed by atoms with Gasteiger partial charge in [-0.05, 0) is 24.1 Å². The van der Waals surface area contributed by atoms with Crippen molar-refractivity contribution in [3.63, 3.8) is 0 Å². The smallest absolute Gasteiger partial charge is 0.191 e. The third-order valence-electron chi connectivity index (χ3n) is 3.78. The van der Waals surface area contributed by atoms with Crippen molar-refractivity contribution in [1.82, 2.24) is 25.2 Å². The van der Waals surface area contributed by atoms with E-state index >= 15 is 0 Å². The molecule has 2 heterocycles. The van der Waals surface area contributed by atoms with Gasteiger partial charge >= 0.3 is 0 Å². The number of nitrogens with one attached hydrogen (secondary N) is 2. The van der Waals surface area contributed by atoms with Gasteiger partial charge < -0.3 is 10.6 Å². The van der Waals surface area contributed by atoms with E-state index in [9.17, 15) is 0 Å². The first-order valence-corrected chi connectivity index (χ1v) is 8.14. The molecule has 0 unspecified atom stereocenters. The molecule has 6 nitrogen and oxygen atoms in total. The maximum Gasteiger partial charge on any atom is 0.191 e. The Balaban J connectivity index is 0.00000225. The van der Waals surface area contributed by atoms with Gasteiger partial charge in [0.15, 0.2) is 11.6 Å². The highest BCUT2D eigenvalue weighted by molar-refractivity contribution is 14.0. The Labute approximate surface area is 164 Å². The van der Waals surface area contributed by atoms with E-state index < -0.39 is 0 Å². The minimum absolute atomic E-state index is 0. The first kappa shape index (κ1) is 19.2. The van der Waals surface area contributed by atoms with Crippen LogP contribution in [0, 0.1) is 0 Å². The van der Waals surface area contributed by atoms with Gasteiger partial charge in [-0.25, -0.2) is 0 Å². The Morgan fingerprint density at radius 3 is 2.64 bits per heavy atom. The van der Waals surface area contributed by atoms with Gasteiger partial charge in [-0.2, -0.15) is 0 Å². The summed E-state index contributed by atoms with van der Waals surface area (Å²) in [5.41, 5.74) is 2.12. The maximum atomic E-state index is 4.25. The molecule has 25 heavy (non-hydrogen) atoms. The highest BCUT2D eigenvalue weighted by atomic mass is 127. The predicted molar refractivity (Wildman–Crippen MR) is 111 cm³/mol. The molecule has 2 aromatic heterocycles. The van der Waals surface area contributed by atoms with E-state index in [1.165, 1.54) is 5.56 Å². The fraction of sp³-hybridized carbons (Fsp3) is 0.278. The third kappa shape index (κ3) is 5.42. The van der Waals surface area contributed by atoms with Crippen molar-refractivity contribution in [2.24, 2.45) is 4.99 Å². The highest BCUT2D eigenvalue weighted by Gasteiger charge is 2.04. The molecule has 0 aliphatic rings. The van der Waals surface area contributed by atoms with E-state index in [0.29, 0.717) is 0 Å². The summed E-state index contributed by atoms with van der Waals surface area (Å²) < 4.78 is 2.03. The number of fused-ring (bicyclic) bond motifs is 1. The summed E-state index contributed by atoms with van der Waals surface area (Å²) in [5.74, 6) is 1.80. The largest absolute Gasteiger partial charge is 0.356 e. The summed E-state index contributed by atoms with van der Waals surface area (Å²) in [6.07, 6.45) is 3.83. The number of aryl methyl sites for hydroxylation is 1. The number of hydrogen-bond donors (Lipinski definition) is 2. The summed E-state index contributed by atoms with van der Waals surface area (Å²) >= 11 is 0. The Morgan fingerprint density at radius 1 is 1.04 bits per heavy atom. The number of benzene rings is 1. The summed E-state index contributed by atoms with van der Waals surface area (Å²) in [6, 6.07) is 16.2. The quantitative estimate of drug-likeness (QED) is 0.262. The lowest BCUT2D eigenvalue weighted by molar-refractivity contribution is 0.714. The van der Waals surface area contributed by atoms with Crippen LogP contribution in [0.2, 0.25) is 0 Å². The fourth-order valence-corrected chi connectivity index (χ4v) is 2.52. The van der Waals surface area contributed by atoms with Gasteiger partial charge in [-0.1, -0.05) is 36.4 Å². The standard InChI is InChI=1S/C18H22N6.HI/c1-19-18(21-14-15-8-3-2-4-9-15)20-12-7-11-17-23-22-16-10-5-6-13-24(16)17;/h2-6,8-10,13H,7,11-12,14H2,1H3,(H2,19,20,21);1H. The Hall–Kier alpha value is -2.16. The SMILES string of the molecule is CN=C(NCCCc1nnc2ccccn12)NCc1ccccc1.I. The number of nitrogens with zero attached hydrogens (tertiary/aromatic N) is 4. The zero-order chi connectivity index (χ0) is 16.6. The molecule has 0 spiro atoms. The number of pyridine rings is 1. The molecule has 0 aliphatic heterocycles. The van der Waals surface area contributed by atoms with Crippen molar-refractivity contribution in [2.45, 2.75) is 19.4 Å². The van der Waals surface area contributed by atoms with E-state index in [0.717, 1.165) is 43.4 Å². The van der Waals surface area contributed by atoms with Crippen LogP contribution in [0.1, 0.15) is 17.8 Å². The molecule has 0 saturated heterocycles. The summed E-state index contributed by atoms with van der Waals surface area (Å²) in [7, 11) is 1.78. The van der Waals surface area contributed by atoms with Gasteiger partial charge in [-0.15, -0.1) is 34.2 Å². The average Bonchev–Trinajstić information content (AvgIpc) is 3.05. The van der Waals surface area contributed by atoms with Gasteiger partial charge in [0.25, 0.3) is 0 Å². The molecule has 0 amide bonds. The van der Waals surface area contributed by atoms with Crippen molar-refractivity contribution < 1.29 is 0 Å². The highest BCUT2D eigenvalue weighted by Crippen LogP contribution is 2.04. The molecule has 0 bridgehead atoms. The Morgan fingerprint density at radius 2 is 1.84 bits per heavy atom. The minimum atomic E-state index is 0. The van der Waals surface area contributed by atoms with E-state index in [2.05, 4.69) is 38.0 Å². The molecule has 2 N–H and O–H groups in total. The zero-order valence-corrected chi connectivity index (χ0v) is 16.6. The molecule has 0 aliphatic carbocycles. The number of halogens is 1. The first-order chi connectivity index (χ1) is 11.9. The number of aliphatic imine (C=N–C) groups is 1. The van der Waals surface area contributed by atoms with Crippen LogP contribution >= 0.6 is 24.0 Å². The fourth-order valence-electron chi connectivity index (χ4n) is 2.52. The molecule has 3 rings (SSSR count). The van der Waals surface area contributed by atoms with Gasteiger partial charge in [-0.3, -0.25) is 9.39 Å². The molecule has 7 heteroatoms. The Kier molecular flexibility index (Phi) is 7.65. The summed E-state index contributed by atoms with van der Waals surface area (Å²) in [6.45, 7) is 1.59. The number of guanidine groups is 1. The molecule has 0 fully saturated rings. The van der Waals surface area contributed by atoms with Crippen molar-refractivity contribution in [1.29, 1.82) is 0 Å². The Bertz CT molecular complexity index is 799. The van der Waals surface area contributed by atoms with Crippen molar-refractivity contribution in [2.75, 3.05) is 13.6 Å². The number of hydrogen-bond acceptors (Lipinski definition) is 3. The first-order valence-electron chi connectivity index (χ1n) is 8.14. The van der Waals surface area contributed by atoms with Crippen molar-refractivity contribution in [3.05, 3.63) is 66.1 Å². The van der Waals surface area contributed by atoms with Gasteiger partial charge in [0.1, 0.15) is 5.82 Å². The lowest BCUT2D eigenvalue weighted by atomic mass is 10.2. The second kappa shape index (κ2) is 9.97. The van der Waals surface area contributed by atoms with Crippen LogP contribution in [0.25, 0.3) is 5.65 Å². The maximum absolute atomic E-state index is 4.25. The molecule has 1 aromatic carbocycles. The number of rotatable bonds is 6. The molecule has 0 atom stereocenters. The van der Waals surface area contributed by atoms with Gasteiger partial charge in [0.05, 0.1) is 0 Å². The molecular weight excluding hydrogens is 427 g/mol. The molecule has 132 valence electrons. The number of aromatic nitrogens is 3. The second-order valence-electron chi connectivity index (χ2n) is 5.49.